The molecule has 2 aromatic heterocycles. The van der Waals surface area contributed by atoms with Gasteiger partial charge < -0.3 is 0 Å². The Balaban J connectivity index is 2.93. The van der Waals surface area contributed by atoms with E-state index in [0.717, 1.165) is 16.9 Å². The zero-order chi connectivity index (χ0) is 10.3. The Morgan fingerprint density at radius 1 is 1.50 bits per heavy atom. The van der Waals surface area contributed by atoms with Crippen molar-refractivity contribution in [2.75, 3.05) is 0 Å². The van der Waals surface area contributed by atoms with Crippen molar-refractivity contribution in [3.8, 4) is 6.07 Å². The molecular weight excluding hydrogens is 198 g/mol. The van der Waals surface area contributed by atoms with Gasteiger partial charge in [0.15, 0.2) is 0 Å². The Labute approximate surface area is 86.6 Å². The smallest absolute Gasteiger partial charge is 0.138 e. The number of imidazole rings is 1. The lowest BCUT2D eigenvalue weighted by molar-refractivity contribution is 1.15. The van der Waals surface area contributed by atoms with Gasteiger partial charge in [0, 0.05) is 6.20 Å². The number of rotatable bonds is 0. The molecule has 2 heterocycles. The summed E-state index contributed by atoms with van der Waals surface area (Å²) >= 11 is 6.06. The average Bonchev–Trinajstić information content (AvgIpc) is 2.47. The Morgan fingerprint density at radius 2 is 2.21 bits per heavy atom. The maximum atomic E-state index is 8.90. The molecule has 0 N–H and O–H groups in total. The number of fused-ring (bicyclic) bond motifs is 1. The molecule has 0 saturated heterocycles. The van der Waals surface area contributed by atoms with E-state index in [0.29, 0.717) is 10.7 Å². The highest BCUT2D eigenvalue weighted by Gasteiger charge is 2.09. The van der Waals surface area contributed by atoms with Crippen LogP contribution >= 0.6 is 11.6 Å². The van der Waals surface area contributed by atoms with Crippen molar-refractivity contribution in [1.29, 1.82) is 5.26 Å². The number of hydrogen-bond donors (Lipinski definition) is 0. The van der Waals surface area contributed by atoms with Gasteiger partial charge in [-0.3, -0.25) is 4.40 Å². The summed E-state index contributed by atoms with van der Waals surface area (Å²) in [5, 5.41) is 9.33. The maximum Gasteiger partial charge on any atom is 0.138 e. The first kappa shape index (κ1) is 9.04. The van der Waals surface area contributed by atoms with Crippen molar-refractivity contribution >= 4 is 17.2 Å². The minimum atomic E-state index is 0.433. The molecule has 0 aliphatic heterocycles. The van der Waals surface area contributed by atoms with Gasteiger partial charge in [-0.25, -0.2) is 4.98 Å². The van der Waals surface area contributed by atoms with Gasteiger partial charge >= 0.3 is 0 Å². The van der Waals surface area contributed by atoms with E-state index in [1.807, 2.05) is 26.1 Å². The second-order valence-corrected chi connectivity index (χ2v) is 3.57. The second-order valence-electron chi connectivity index (χ2n) is 3.22. The first-order valence-electron chi connectivity index (χ1n) is 4.18. The van der Waals surface area contributed by atoms with E-state index in [-0.39, 0.29) is 0 Å². The molecule has 0 spiro atoms. The number of hydrogen-bond acceptors (Lipinski definition) is 2. The quantitative estimate of drug-likeness (QED) is 0.620. The fraction of sp³-hybridized carbons (Fsp3) is 0.200. The highest BCUT2D eigenvalue weighted by molar-refractivity contribution is 6.31. The zero-order valence-corrected chi connectivity index (χ0v) is 8.63. The third kappa shape index (κ3) is 1.16. The standard InChI is InChI=1S/C10H8ClN3/c1-6-3-9-13-7(2)5-14(9)10(11)8(6)4-12/h3,5H,1-2H3. The Kier molecular flexibility index (Phi) is 1.94. The largest absolute Gasteiger partial charge is 0.289 e. The van der Waals surface area contributed by atoms with Crippen LogP contribution in [-0.4, -0.2) is 9.38 Å². The highest BCUT2D eigenvalue weighted by Crippen LogP contribution is 2.21. The number of pyridine rings is 1. The zero-order valence-electron chi connectivity index (χ0n) is 7.87. The Morgan fingerprint density at radius 3 is 2.86 bits per heavy atom. The van der Waals surface area contributed by atoms with Crippen LogP contribution < -0.4 is 0 Å². The van der Waals surface area contributed by atoms with Gasteiger partial charge in [0.05, 0.1) is 11.3 Å². The lowest BCUT2D eigenvalue weighted by Gasteiger charge is -2.02. The van der Waals surface area contributed by atoms with Crippen molar-refractivity contribution in [1.82, 2.24) is 9.38 Å². The molecule has 0 atom stereocenters. The molecule has 0 aliphatic carbocycles. The van der Waals surface area contributed by atoms with Gasteiger partial charge in [-0.15, -0.1) is 0 Å². The fourth-order valence-electron chi connectivity index (χ4n) is 1.46. The fourth-order valence-corrected chi connectivity index (χ4v) is 1.79. The predicted molar refractivity (Wildman–Crippen MR) is 54.4 cm³/mol. The molecule has 0 radical (unpaired) electrons. The van der Waals surface area contributed by atoms with Crippen molar-refractivity contribution in [3.63, 3.8) is 0 Å². The van der Waals surface area contributed by atoms with Gasteiger partial charge in [-0.1, -0.05) is 11.6 Å². The van der Waals surface area contributed by atoms with E-state index < -0.39 is 0 Å². The molecule has 2 aromatic rings. The summed E-state index contributed by atoms with van der Waals surface area (Å²) in [6.07, 6.45) is 1.82. The van der Waals surface area contributed by atoms with Gasteiger partial charge in [0.25, 0.3) is 0 Å². The van der Waals surface area contributed by atoms with Crippen LogP contribution in [0.2, 0.25) is 5.15 Å². The van der Waals surface area contributed by atoms with Crippen LogP contribution in [0.1, 0.15) is 16.8 Å². The molecule has 0 fully saturated rings. The summed E-state index contributed by atoms with van der Waals surface area (Å²) in [6.45, 7) is 3.75. The van der Waals surface area contributed by atoms with Crippen LogP contribution in [-0.2, 0) is 0 Å². The van der Waals surface area contributed by atoms with Gasteiger partial charge in [0.2, 0.25) is 0 Å². The summed E-state index contributed by atoms with van der Waals surface area (Å²) in [6, 6.07) is 3.94. The maximum absolute atomic E-state index is 8.90. The van der Waals surface area contributed by atoms with Gasteiger partial charge in [0.1, 0.15) is 16.9 Å². The Bertz CT molecular complexity index is 548. The van der Waals surface area contributed by atoms with E-state index in [2.05, 4.69) is 11.1 Å². The first-order valence-corrected chi connectivity index (χ1v) is 4.56. The number of nitriles is 1. The van der Waals surface area contributed by atoms with E-state index >= 15 is 0 Å². The summed E-state index contributed by atoms with van der Waals surface area (Å²) in [5.74, 6) is 0. The third-order valence-corrected chi connectivity index (χ3v) is 2.49. The lowest BCUT2D eigenvalue weighted by Crippen LogP contribution is -1.93. The molecule has 2 rings (SSSR count). The summed E-state index contributed by atoms with van der Waals surface area (Å²) in [5.41, 5.74) is 3.04. The van der Waals surface area contributed by atoms with Crippen LogP contribution in [0.4, 0.5) is 0 Å². The summed E-state index contributed by atoms with van der Waals surface area (Å²) in [7, 11) is 0. The van der Waals surface area contributed by atoms with E-state index in [1.54, 1.807) is 4.40 Å². The molecule has 3 nitrogen and oxygen atoms in total. The first-order chi connectivity index (χ1) is 6.63. The molecule has 0 amide bonds. The molecule has 0 aliphatic rings. The van der Waals surface area contributed by atoms with Crippen LogP contribution in [0.15, 0.2) is 12.3 Å². The average molecular weight is 206 g/mol. The van der Waals surface area contributed by atoms with E-state index in [1.165, 1.54) is 0 Å². The third-order valence-electron chi connectivity index (χ3n) is 2.12. The normalized spacial score (nSPS) is 10.4. The molecule has 0 saturated carbocycles. The summed E-state index contributed by atoms with van der Waals surface area (Å²) in [4.78, 5) is 4.28. The second kappa shape index (κ2) is 3.00. The minimum Gasteiger partial charge on any atom is -0.289 e. The number of nitrogens with zero attached hydrogens (tertiary/aromatic N) is 3. The van der Waals surface area contributed by atoms with Crippen molar-refractivity contribution in [2.45, 2.75) is 13.8 Å². The summed E-state index contributed by atoms with van der Waals surface area (Å²) < 4.78 is 1.72. The van der Waals surface area contributed by atoms with Gasteiger partial charge in [-0.05, 0) is 25.5 Å². The number of aryl methyl sites for hydroxylation is 2. The molecule has 4 heteroatoms. The predicted octanol–water partition coefficient (Wildman–Crippen LogP) is 2.48. The number of aromatic nitrogens is 2. The van der Waals surface area contributed by atoms with Crippen LogP contribution in [0.5, 0.6) is 0 Å². The number of halogens is 1. The molecular formula is C10H8ClN3. The SMILES string of the molecule is Cc1cn2c(Cl)c(C#N)c(C)cc2n1. The van der Waals surface area contributed by atoms with Crippen LogP contribution in [0.25, 0.3) is 5.65 Å². The van der Waals surface area contributed by atoms with Crippen LogP contribution in [0, 0.1) is 25.2 Å². The molecule has 0 aromatic carbocycles. The van der Waals surface area contributed by atoms with Gasteiger partial charge in [-0.2, -0.15) is 5.26 Å². The van der Waals surface area contributed by atoms with Crippen molar-refractivity contribution < 1.29 is 0 Å². The Hall–Kier alpha value is -1.53. The molecule has 0 bridgehead atoms. The van der Waals surface area contributed by atoms with Crippen molar-refractivity contribution in [2.24, 2.45) is 0 Å². The minimum absolute atomic E-state index is 0.433. The van der Waals surface area contributed by atoms with E-state index in [9.17, 15) is 0 Å². The molecule has 70 valence electrons. The molecule has 0 unspecified atom stereocenters. The van der Waals surface area contributed by atoms with Crippen molar-refractivity contribution in [3.05, 3.63) is 34.2 Å². The lowest BCUT2D eigenvalue weighted by atomic mass is 10.2. The highest BCUT2D eigenvalue weighted by atomic mass is 35.5. The van der Waals surface area contributed by atoms with Crippen LogP contribution in [0.3, 0.4) is 0 Å². The monoisotopic (exact) mass is 205 g/mol. The van der Waals surface area contributed by atoms with E-state index in [4.69, 9.17) is 16.9 Å². The molecule has 14 heavy (non-hydrogen) atoms. The topological polar surface area (TPSA) is 41.1 Å².